The Labute approximate surface area is 174 Å². The first-order valence-corrected chi connectivity index (χ1v) is 10.5. The highest BCUT2D eigenvalue weighted by molar-refractivity contribution is 5.92. The van der Waals surface area contributed by atoms with E-state index >= 15 is 0 Å². The van der Waals surface area contributed by atoms with E-state index in [0.717, 1.165) is 54.3 Å². The number of para-hydroxylation sites is 1. The van der Waals surface area contributed by atoms with Crippen LogP contribution in [0.5, 0.6) is 11.5 Å². The lowest BCUT2D eigenvalue weighted by molar-refractivity contribution is 0.0621. The molecule has 152 valence electrons. The fraction of sp³-hybridized carbons (Fsp3) is 0.280. The number of hydrogen-bond donors (Lipinski definition) is 1. The number of ether oxygens (including phenoxy) is 2. The number of nitrogens with zero attached hydrogens (tertiary/aromatic N) is 1. The van der Waals surface area contributed by atoms with E-state index in [4.69, 9.17) is 13.9 Å². The van der Waals surface area contributed by atoms with E-state index in [9.17, 15) is 0 Å². The molecule has 0 spiro atoms. The van der Waals surface area contributed by atoms with Crippen molar-refractivity contribution in [1.82, 2.24) is 9.88 Å². The first-order valence-electron chi connectivity index (χ1n) is 10.5. The number of aromatic amines is 1. The fourth-order valence-electron chi connectivity index (χ4n) is 4.63. The number of aromatic nitrogens is 1. The van der Waals surface area contributed by atoms with Crippen LogP contribution in [0, 0.1) is 6.92 Å². The lowest BCUT2D eigenvalue weighted by Gasteiger charge is -2.32. The molecule has 5 heteroatoms. The maximum Gasteiger partial charge on any atom is 0.205 e. The van der Waals surface area contributed by atoms with Crippen molar-refractivity contribution in [2.45, 2.75) is 19.4 Å². The van der Waals surface area contributed by atoms with Crippen LogP contribution in [0.3, 0.4) is 0 Å². The predicted molar refractivity (Wildman–Crippen MR) is 118 cm³/mol. The molecule has 0 bridgehead atoms. The highest BCUT2D eigenvalue weighted by Gasteiger charge is 2.27. The maximum atomic E-state index is 6.33. The van der Waals surface area contributed by atoms with Gasteiger partial charge in [0.1, 0.15) is 18.5 Å². The molecule has 0 saturated carbocycles. The highest BCUT2D eigenvalue weighted by Crippen LogP contribution is 2.40. The van der Waals surface area contributed by atoms with Crippen molar-refractivity contribution in [1.29, 1.82) is 0 Å². The molecular weight excluding hydrogens is 376 g/mol. The maximum absolute atomic E-state index is 6.33. The Bertz CT molecular complexity index is 1270. The highest BCUT2D eigenvalue weighted by atomic mass is 16.6. The molecule has 0 fully saturated rings. The molecule has 30 heavy (non-hydrogen) atoms. The monoisotopic (exact) mass is 400 g/mol. The van der Waals surface area contributed by atoms with Crippen molar-refractivity contribution in [3.63, 3.8) is 0 Å². The summed E-state index contributed by atoms with van der Waals surface area (Å²) in [6, 6.07) is 14.5. The zero-order valence-electron chi connectivity index (χ0n) is 17.0. The van der Waals surface area contributed by atoms with E-state index in [1.165, 1.54) is 22.0 Å². The number of rotatable bonds is 3. The molecule has 4 heterocycles. The Balaban J connectivity index is 1.17. The molecule has 0 amide bonds. The van der Waals surface area contributed by atoms with E-state index in [1.54, 1.807) is 0 Å². The number of fused-ring (bicyclic) bond motifs is 4. The summed E-state index contributed by atoms with van der Waals surface area (Å²) >= 11 is 0. The normalized spacial score (nSPS) is 19.4. The summed E-state index contributed by atoms with van der Waals surface area (Å²) in [5, 5.41) is 2.36. The van der Waals surface area contributed by atoms with Gasteiger partial charge in [0.25, 0.3) is 0 Å². The van der Waals surface area contributed by atoms with Gasteiger partial charge in [-0.1, -0.05) is 24.3 Å². The van der Waals surface area contributed by atoms with Gasteiger partial charge in [-0.2, -0.15) is 0 Å². The lowest BCUT2D eigenvalue weighted by Crippen LogP contribution is -2.42. The zero-order valence-corrected chi connectivity index (χ0v) is 17.0. The van der Waals surface area contributed by atoms with Gasteiger partial charge in [0.15, 0.2) is 11.3 Å². The van der Waals surface area contributed by atoms with Gasteiger partial charge in [-0.15, -0.1) is 0 Å². The Morgan fingerprint density at radius 3 is 3.00 bits per heavy atom. The minimum absolute atomic E-state index is 0.00320. The Morgan fingerprint density at radius 2 is 2.10 bits per heavy atom. The minimum Gasteiger partial charge on any atom is -0.486 e. The van der Waals surface area contributed by atoms with Gasteiger partial charge in [0.2, 0.25) is 5.75 Å². The second-order valence-electron chi connectivity index (χ2n) is 8.21. The van der Waals surface area contributed by atoms with Crippen LogP contribution in [0.2, 0.25) is 0 Å². The molecule has 2 aliphatic rings. The van der Waals surface area contributed by atoms with Gasteiger partial charge in [0, 0.05) is 47.7 Å². The number of nitrogens with one attached hydrogen (secondary N) is 1. The first-order chi connectivity index (χ1) is 14.7. The van der Waals surface area contributed by atoms with Crippen molar-refractivity contribution < 1.29 is 13.9 Å². The van der Waals surface area contributed by atoms with Crippen molar-refractivity contribution in [3.05, 3.63) is 66.1 Å². The molecule has 2 aromatic heterocycles. The third-order valence-electron chi connectivity index (χ3n) is 6.13. The summed E-state index contributed by atoms with van der Waals surface area (Å²) in [5.74, 6) is 2.40. The van der Waals surface area contributed by atoms with Gasteiger partial charge in [-0.25, -0.2) is 0 Å². The molecule has 5 nitrogen and oxygen atoms in total. The second kappa shape index (κ2) is 6.96. The number of aryl methyl sites for hydroxylation is 1. The van der Waals surface area contributed by atoms with Crippen molar-refractivity contribution in [2.75, 3.05) is 26.2 Å². The van der Waals surface area contributed by atoms with Crippen LogP contribution in [0.4, 0.5) is 0 Å². The van der Waals surface area contributed by atoms with Gasteiger partial charge in [-0.05, 0) is 43.2 Å². The SMILES string of the molecule is Cc1cc2ccc3c(c2o1)OC(CN1CC=C(c2c[nH]c4ccccc24)CC1)CO3. The molecule has 2 aliphatic heterocycles. The number of furan rings is 1. The average Bonchev–Trinajstić information content (AvgIpc) is 3.37. The van der Waals surface area contributed by atoms with Gasteiger partial charge in [-0.3, -0.25) is 4.90 Å². The molecule has 1 atom stereocenters. The third-order valence-corrected chi connectivity index (χ3v) is 6.13. The quantitative estimate of drug-likeness (QED) is 0.517. The lowest BCUT2D eigenvalue weighted by atomic mass is 9.99. The van der Waals surface area contributed by atoms with Crippen molar-refractivity contribution in [2.24, 2.45) is 0 Å². The van der Waals surface area contributed by atoms with Crippen LogP contribution >= 0.6 is 0 Å². The van der Waals surface area contributed by atoms with Crippen molar-refractivity contribution >= 4 is 27.4 Å². The summed E-state index contributed by atoms with van der Waals surface area (Å²) in [5.41, 5.74) is 4.73. The summed E-state index contributed by atoms with van der Waals surface area (Å²) in [4.78, 5) is 5.82. The van der Waals surface area contributed by atoms with Crippen molar-refractivity contribution in [3.8, 4) is 11.5 Å². The summed E-state index contributed by atoms with van der Waals surface area (Å²) in [6.07, 6.45) is 5.52. The summed E-state index contributed by atoms with van der Waals surface area (Å²) < 4.78 is 18.2. The first kappa shape index (κ1) is 17.7. The van der Waals surface area contributed by atoms with Crippen LogP contribution < -0.4 is 9.47 Å². The molecule has 0 saturated heterocycles. The van der Waals surface area contributed by atoms with Crippen LogP contribution in [0.25, 0.3) is 27.4 Å². The van der Waals surface area contributed by atoms with E-state index in [-0.39, 0.29) is 6.10 Å². The second-order valence-corrected chi connectivity index (χ2v) is 8.21. The minimum atomic E-state index is -0.00320. The fourth-order valence-corrected chi connectivity index (χ4v) is 4.63. The number of H-pyrrole nitrogens is 1. The Kier molecular flexibility index (Phi) is 4.09. The van der Waals surface area contributed by atoms with Crippen LogP contribution in [-0.4, -0.2) is 42.2 Å². The van der Waals surface area contributed by atoms with Gasteiger partial charge < -0.3 is 18.9 Å². The molecule has 2 aromatic carbocycles. The molecule has 6 rings (SSSR count). The molecular formula is C25H24N2O3. The van der Waals surface area contributed by atoms with E-state index in [0.29, 0.717) is 6.61 Å². The molecule has 4 aromatic rings. The summed E-state index contributed by atoms with van der Waals surface area (Å²) in [6.45, 7) is 5.30. The Hall–Kier alpha value is -3.18. The summed E-state index contributed by atoms with van der Waals surface area (Å²) in [7, 11) is 0. The van der Waals surface area contributed by atoms with Crippen LogP contribution in [-0.2, 0) is 0 Å². The van der Waals surface area contributed by atoms with Gasteiger partial charge >= 0.3 is 0 Å². The van der Waals surface area contributed by atoms with Crippen LogP contribution in [0.15, 0.2) is 59.2 Å². The van der Waals surface area contributed by atoms with Gasteiger partial charge in [0.05, 0.1) is 0 Å². The smallest absolute Gasteiger partial charge is 0.205 e. The largest absolute Gasteiger partial charge is 0.486 e. The van der Waals surface area contributed by atoms with E-state index in [1.807, 2.05) is 25.1 Å². The predicted octanol–water partition coefficient (Wildman–Crippen LogP) is 5.15. The Morgan fingerprint density at radius 1 is 1.17 bits per heavy atom. The molecule has 0 radical (unpaired) electrons. The number of hydrogen-bond acceptors (Lipinski definition) is 4. The van der Waals surface area contributed by atoms with E-state index < -0.39 is 0 Å². The molecule has 1 N–H and O–H groups in total. The van der Waals surface area contributed by atoms with Crippen LogP contribution in [0.1, 0.15) is 17.7 Å². The zero-order chi connectivity index (χ0) is 20.1. The molecule has 1 unspecified atom stereocenters. The van der Waals surface area contributed by atoms with E-state index in [2.05, 4.69) is 46.4 Å². The molecule has 0 aliphatic carbocycles. The third kappa shape index (κ3) is 2.97. The average molecular weight is 400 g/mol. The number of benzene rings is 2. The standard InChI is InChI=1S/C25H24N2O3/c1-16-12-18-6-7-23-25(24(18)29-16)30-19(15-28-23)14-27-10-8-17(9-11-27)21-13-26-22-5-3-2-4-20(21)22/h2-8,12-13,19,26H,9-11,14-15H2,1H3. The topological polar surface area (TPSA) is 50.6 Å².